The summed E-state index contributed by atoms with van der Waals surface area (Å²) in [5.74, 6) is 0. The lowest BCUT2D eigenvalue weighted by atomic mass is 10.1. The molecule has 1 aliphatic heterocycles. The highest BCUT2D eigenvalue weighted by molar-refractivity contribution is 7.09. The summed E-state index contributed by atoms with van der Waals surface area (Å²) in [7, 11) is 0. The van der Waals surface area contributed by atoms with Gasteiger partial charge in [0.05, 0.1) is 6.10 Å². The predicted molar refractivity (Wildman–Crippen MR) is 47.4 cm³/mol. The summed E-state index contributed by atoms with van der Waals surface area (Å²) in [6, 6.07) is 0. The van der Waals surface area contributed by atoms with Gasteiger partial charge in [-0.15, -0.1) is 0 Å². The van der Waals surface area contributed by atoms with Crippen LogP contribution in [0.2, 0.25) is 0 Å². The van der Waals surface area contributed by atoms with Gasteiger partial charge < -0.3 is 10.0 Å². The van der Waals surface area contributed by atoms with E-state index in [9.17, 15) is 5.11 Å². The topological polar surface area (TPSA) is 49.2 Å². The van der Waals surface area contributed by atoms with Crippen LogP contribution in [-0.4, -0.2) is 33.7 Å². The van der Waals surface area contributed by atoms with Crippen molar-refractivity contribution in [1.29, 1.82) is 0 Å². The van der Waals surface area contributed by atoms with Crippen LogP contribution in [0.25, 0.3) is 0 Å². The molecular formula is C7H11N3OS. The Kier molecular flexibility index (Phi) is 2.23. The minimum absolute atomic E-state index is 0.192. The largest absolute Gasteiger partial charge is 0.391 e. The first-order chi connectivity index (χ1) is 5.86. The predicted octanol–water partition coefficient (Wildman–Crippen LogP) is 0.499. The van der Waals surface area contributed by atoms with Crippen molar-refractivity contribution in [1.82, 2.24) is 9.36 Å². The van der Waals surface area contributed by atoms with E-state index in [0.29, 0.717) is 6.54 Å². The maximum atomic E-state index is 9.39. The molecule has 0 bridgehead atoms. The first-order valence-electron chi connectivity index (χ1n) is 4.06. The third-order valence-electron chi connectivity index (χ3n) is 2.02. The Labute approximate surface area is 75.0 Å². The van der Waals surface area contributed by atoms with E-state index < -0.39 is 0 Å². The van der Waals surface area contributed by atoms with E-state index in [1.165, 1.54) is 11.5 Å². The maximum Gasteiger partial charge on any atom is 0.205 e. The minimum atomic E-state index is -0.192. The van der Waals surface area contributed by atoms with Crippen LogP contribution in [0.15, 0.2) is 6.33 Å². The second-order valence-electron chi connectivity index (χ2n) is 2.97. The summed E-state index contributed by atoms with van der Waals surface area (Å²) >= 11 is 1.39. The summed E-state index contributed by atoms with van der Waals surface area (Å²) < 4.78 is 3.93. The fourth-order valence-corrected chi connectivity index (χ4v) is 2.00. The van der Waals surface area contributed by atoms with E-state index in [1.54, 1.807) is 6.33 Å². The van der Waals surface area contributed by atoms with Gasteiger partial charge in [0.1, 0.15) is 6.33 Å². The molecule has 2 rings (SSSR count). The summed E-state index contributed by atoms with van der Waals surface area (Å²) in [5, 5.41) is 10.3. The number of rotatable bonds is 1. The molecule has 1 aromatic heterocycles. The molecule has 0 unspecified atom stereocenters. The number of hydrogen-bond acceptors (Lipinski definition) is 5. The monoisotopic (exact) mass is 185 g/mol. The maximum absolute atomic E-state index is 9.39. The molecule has 1 fully saturated rings. The standard InChI is InChI=1S/C7H11N3OS/c11-6-2-1-3-10(4-6)7-8-5-9-12-7/h5-6,11H,1-4H2/t6-/m0/s1. The smallest absolute Gasteiger partial charge is 0.205 e. The molecule has 1 aromatic rings. The molecule has 2 heterocycles. The van der Waals surface area contributed by atoms with Gasteiger partial charge in [-0.3, -0.25) is 0 Å². The Morgan fingerprint density at radius 3 is 3.25 bits per heavy atom. The molecule has 0 aromatic carbocycles. The molecule has 0 amide bonds. The second-order valence-corrected chi connectivity index (χ2v) is 3.72. The molecule has 66 valence electrons. The molecule has 0 radical (unpaired) electrons. The molecule has 0 saturated carbocycles. The Morgan fingerprint density at radius 1 is 1.67 bits per heavy atom. The first-order valence-corrected chi connectivity index (χ1v) is 4.83. The average Bonchev–Trinajstić information content (AvgIpc) is 2.56. The van der Waals surface area contributed by atoms with E-state index >= 15 is 0 Å². The van der Waals surface area contributed by atoms with Crippen molar-refractivity contribution >= 4 is 16.7 Å². The lowest BCUT2D eigenvalue weighted by Crippen LogP contribution is -2.38. The van der Waals surface area contributed by atoms with E-state index in [1.807, 2.05) is 0 Å². The molecule has 0 spiro atoms. The van der Waals surface area contributed by atoms with Gasteiger partial charge in [-0.2, -0.15) is 4.37 Å². The Balaban J connectivity index is 2.04. The summed E-state index contributed by atoms with van der Waals surface area (Å²) in [5.41, 5.74) is 0. The fraction of sp³-hybridized carbons (Fsp3) is 0.714. The molecular weight excluding hydrogens is 174 g/mol. The van der Waals surface area contributed by atoms with Crippen molar-refractivity contribution in [2.75, 3.05) is 18.0 Å². The second kappa shape index (κ2) is 3.37. The van der Waals surface area contributed by atoms with Gasteiger partial charge in [0.25, 0.3) is 0 Å². The molecule has 1 saturated heterocycles. The molecule has 5 heteroatoms. The van der Waals surface area contributed by atoms with E-state index in [2.05, 4.69) is 14.3 Å². The van der Waals surface area contributed by atoms with Gasteiger partial charge in [-0.1, -0.05) is 0 Å². The van der Waals surface area contributed by atoms with Crippen LogP contribution in [0.1, 0.15) is 12.8 Å². The summed E-state index contributed by atoms with van der Waals surface area (Å²) in [6.45, 7) is 1.70. The van der Waals surface area contributed by atoms with Crippen molar-refractivity contribution < 1.29 is 5.11 Å². The Bertz CT molecular complexity index is 239. The molecule has 12 heavy (non-hydrogen) atoms. The van der Waals surface area contributed by atoms with Crippen molar-refractivity contribution in [3.63, 3.8) is 0 Å². The number of anilines is 1. The van der Waals surface area contributed by atoms with Crippen LogP contribution in [0.4, 0.5) is 5.13 Å². The quantitative estimate of drug-likeness (QED) is 0.692. The van der Waals surface area contributed by atoms with Crippen molar-refractivity contribution in [3.8, 4) is 0 Å². The number of piperidine rings is 1. The van der Waals surface area contributed by atoms with Crippen molar-refractivity contribution in [2.45, 2.75) is 18.9 Å². The van der Waals surface area contributed by atoms with Crippen molar-refractivity contribution in [3.05, 3.63) is 6.33 Å². The van der Waals surface area contributed by atoms with Gasteiger partial charge in [-0.05, 0) is 12.8 Å². The highest BCUT2D eigenvalue weighted by Gasteiger charge is 2.19. The van der Waals surface area contributed by atoms with Crippen LogP contribution < -0.4 is 4.90 Å². The number of aromatic nitrogens is 2. The zero-order valence-electron chi connectivity index (χ0n) is 6.68. The number of hydrogen-bond donors (Lipinski definition) is 1. The van der Waals surface area contributed by atoms with Crippen molar-refractivity contribution in [2.24, 2.45) is 0 Å². The van der Waals surface area contributed by atoms with Crippen LogP contribution >= 0.6 is 11.5 Å². The summed E-state index contributed by atoms with van der Waals surface area (Å²) in [6.07, 6.45) is 3.32. The third-order valence-corrected chi connectivity index (χ3v) is 2.74. The van der Waals surface area contributed by atoms with Crippen LogP contribution in [0, 0.1) is 0 Å². The number of β-amino-alcohol motifs (C(OH)–C–C–N with tert-alkyl or cyclic N) is 1. The molecule has 1 N–H and O–H groups in total. The van der Waals surface area contributed by atoms with Crippen LogP contribution in [-0.2, 0) is 0 Å². The van der Waals surface area contributed by atoms with Crippen LogP contribution in [0.3, 0.4) is 0 Å². The highest BCUT2D eigenvalue weighted by atomic mass is 32.1. The number of aliphatic hydroxyl groups is 1. The lowest BCUT2D eigenvalue weighted by molar-refractivity contribution is 0.154. The minimum Gasteiger partial charge on any atom is -0.391 e. The fourth-order valence-electron chi connectivity index (χ4n) is 1.44. The van der Waals surface area contributed by atoms with Gasteiger partial charge in [-0.25, -0.2) is 4.98 Å². The highest BCUT2D eigenvalue weighted by Crippen LogP contribution is 2.19. The normalized spacial score (nSPS) is 24.4. The molecule has 0 aliphatic carbocycles. The number of aliphatic hydroxyl groups excluding tert-OH is 1. The zero-order valence-corrected chi connectivity index (χ0v) is 7.50. The third kappa shape index (κ3) is 1.56. The van der Waals surface area contributed by atoms with Gasteiger partial charge in [0.2, 0.25) is 5.13 Å². The summed E-state index contributed by atoms with van der Waals surface area (Å²) in [4.78, 5) is 6.19. The van der Waals surface area contributed by atoms with E-state index in [-0.39, 0.29) is 6.10 Å². The number of nitrogens with zero attached hydrogens (tertiary/aromatic N) is 3. The van der Waals surface area contributed by atoms with Crippen LogP contribution in [0.5, 0.6) is 0 Å². The van der Waals surface area contributed by atoms with E-state index in [4.69, 9.17) is 0 Å². The first kappa shape index (κ1) is 7.94. The zero-order chi connectivity index (χ0) is 8.39. The average molecular weight is 185 g/mol. The molecule has 4 nitrogen and oxygen atoms in total. The lowest BCUT2D eigenvalue weighted by Gasteiger charge is -2.29. The van der Waals surface area contributed by atoms with E-state index in [0.717, 1.165) is 24.5 Å². The van der Waals surface area contributed by atoms with Gasteiger partial charge in [0, 0.05) is 24.6 Å². The molecule has 1 atom stereocenters. The van der Waals surface area contributed by atoms with Gasteiger partial charge >= 0.3 is 0 Å². The Morgan fingerprint density at radius 2 is 2.58 bits per heavy atom. The van der Waals surface area contributed by atoms with Gasteiger partial charge in [0.15, 0.2) is 0 Å². The Hall–Kier alpha value is -0.680. The molecule has 1 aliphatic rings. The SMILES string of the molecule is O[C@H]1CCCN(c2ncns2)C1.